The molecule has 0 bridgehead atoms. The van der Waals surface area contributed by atoms with E-state index in [4.69, 9.17) is 19.6 Å². The highest BCUT2D eigenvalue weighted by atomic mass is 16.5. The number of amides is 1. The second-order valence-electron chi connectivity index (χ2n) is 8.90. The van der Waals surface area contributed by atoms with Crippen LogP contribution in [0.4, 0.5) is 16.2 Å². The number of hydrogen-bond acceptors (Lipinski definition) is 6. The molecule has 1 saturated heterocycles. The van der Waals surface area contributed by atoms with E-state index >= 15 is 0 Å². The quantitative estimate of drug-likeness (QED) is 0.418. The Balaban J connectivity index is 1.53. The topological polar surface area (TPSA) is 92.4 Å². The van der Waals surface area contributed by atoms with Crippen molar-refractivity contribution >= 4 is 23.1 Å². The molecular formula is C27H29N5O4. The zero-order chi connectivity index (χ0) is 25.4. The fourth-order valence-corrected chi connectivity index (χ4v) is 5.02. The summed E-state index contributed by atoms with van der Waals surface area (Å²) in [5, 5.41) is 14.8. The van der Waals surface area contributed by atoms with Gasteiger partial charge < -0.3 is 19.5 Å². The van der Waals surface area contributed by atoms with Crippen molar-refractivity contribution in [2.75, 3.05) is 37.1 Å². The van der Waals surface area contributed by atoms with E-state index in [1.54, 1.807) is 14.2 Å². The van der Waals surface area contributed by atoms with Crippen LogP contribution in [0.25, 0.3) is 16.9 Å². The van der Waals surface area contributed by atoms with E-state index < -0.39 is 6.09 Å². The zero-order valence-corrected chi connectivity index (χ0v) is 20.8. The van der Waals surface area contributed by atoms with Crippen LogP contribution >= 0.6 is 0 Å². The number of carboxylic acid groups (broad SMARTS) is 1. The van der Waals surface area contributed by atoms with Crippen LogP contribution < -0.4 is 19.3 Å². The molecule has 0 saturated carbocycles. The van der Waals surface area contributed by atoms with E-state index in [2.05, 4.69) is 4.90 Å². The summed E-state index contributed by atoms with van der Waals surface area (Å²) in [5.74, 6) is 1.29. The Hall–Kier alpha value is -4.27. The van der Waals surface area contributed by atoms with E-state index in [0.29, 0.717) is 23.7 Å². The Morgan fingerprint density at radius 2 is 1.81 bits per heavy atom. The van der Waals surface area contributed by atoms with Gasteiger partial charge in [0.05, 0.1) is 43.0 Å². The molecule has 5 rings (SSSR count). The number of aryl methyl sites for hydroxylation is 2. The fraction of sp³-hybridized carbons (Fsp3) is 0.296. The number of hydrogen-bond donors (Lipinski definition) is 1. The molecule has 1 atom stereocenters. The summed E-state index contributed by atoms with van der Waals surface area (Å²) in [6.07, 6.45) is -0.228. The smallest absolute Gasteiger partial charge is 0.412 e. The average molecular weight is 488 g/mol. The number of carbonyl (C=O) groups is 1. The van der Waals surface area contributed by atoms with Gasteiger partial charge in [0, 0.05) is 24.3 Å². The second kappa shape index (κ2) is 9.41. The van der Waals surface area contributed by atoms with Gasteiger partial charge in [0.2, 0.25) is 0 Å². The van der Waals surface area contributed by atoms with Gasteiger partial charge in [0.1, 0.15) is 0 Å². The highest BCUT2D eigenvalue weighted by molar-refractivity contribution is 5.87. The Bertz CT molecular complexity index is 1420. The number of benzene rings is 2. The Kier molecular flexibility index (Phi) is 6.13. The summed E-state index contributed by atoms with van der Waals surface area (Å²) in [5.41, 5.74) is 5.85. The number of ether oxygens (including phenoxy) is 2. The van der Waals surface area contributed by atoms with Gasteiger partial charge in [0.25, 0.3) is 0 Å². The number of nitrogens with zero attached hydrogens (tertiary/aromatic N) is 5. The number of methoxy groups -OCH3 is 2. The summed E-state index contributed by atoms with van der Waals surface area (Å²) < 4.78 is 12.8. The molecule has 1 amide bonds. The molecule has 0 radical (unpaired) electrons. The molecule has 36 heavy (non-hydrogen) atoms. The minimum Gasteiger partial charge on any atom is -0.493 e. The molecule has 1 aliphatic heterocycles. The molecule has 0 aliphatic carbocycles. The lowest BCUT2D eigenvalue weighted by Gasteiger charge is -2.27. The molecule has 1 fully saturated rings. The Morgan fingerprint density at radius 3 is 2.50 bits per heavy atom. The summed E-state index contributed by atoms with van der Waals surface area (Å²) in [4.78, 5) is 20.7. The SMILES string of the molecule is COc1ccc(-c2c(C)nc3c(N4CCC(N(C(=O)O)c5ccccc5)C4)cc(C)nn23)cc1OC. The van der Waals surface area contributed by atoms with Crippen molar-refractivity contribution in [2.45, 2.75) is 26.3 Å². The highest BCUT2D eigenvalue weighted by Crippen LogP contribution is 2.36. The van der Waals surface area contributed by atoms with Crippen LogP contribution in [0.2, 0.25) is 0 Å². The van der Waals surface area contributed by atoms with E-state index in [1.807, 2.05) is 73.0 Å². The summed E-state index contributed by atoms with van der Waals surface area (Å²) in [6, 6.07) is 16.9. The molecule has 9 heteroatoms. The first-order valence-corrected chi connectivity index (χ1v) is 11.8. The van der Waals surface area contributed by atoms with Gasteiger partial charge in [-0.25, -0.2) is 14.3 Å². The number of anilines is 2. The summed E-state index contributed by atoms with van der Waals surface area (Å²) in [6.45, 7) is 5.21. The predicted octanol–water partition coefficient (Wildman–Crippen LogP) is 4.79. The van der Waals surface area contributed by atoms with E-state index in [0.717, 1.165) is 46.9 Å². The lowest BCUT2D eigenvalue weighted by Crippen LogP contribution is -2.41. The Morgan fingerprint density at radius 1 is 1.06 bits per heavy atom. The van der Waals surface area contributed by atoms with Gasteiger partial charge in [-0.3, -0.25) is 4.90 Å². The molecule has 1 aliphatic rings. The molecular weight excluding hydrogens is 458 g/mol. The van der Waals surface area contributed by atoms with Gasteiger partial charge >= 0.3 is 6.09 Å². The maximum atomic E-state index is 12.2. The highest BCUT2D eigenvalue weighted by Gasteiger charge is 2.33. The standard InChI is InChI=1S/C27H29N5O4/c1-17-14-22(30-13-12-21(16-30)31(27(33)34)20-8-6-5-7-9-20)26-28-18(2)25(32(26)29-17)19-10-11-23(35-3)24(15-19)36-4/h5-11,14-15,21H,12-13,16H2,1-4H3,(H,33,34). The van der Waals surface area contributed by atoms with Crippen LogP contribution in [-0.4, -0.2) is 59.1 Å². The molecule has 2 aromatic heterocycles. The average Bonchev–Trinajstić information content (AvgIpc) is 3.48. The maximum Gasteiger partial charge on any atom is 0.412 e. The molecule has 0 spiro atoms. The predicted molar refractivity (Wildman–Crippen MR) is 139 cm³/mol. The number of aromatic nitrogens is 3. The second-order valence-corrected chi connectivity index (χ2v) is 8.90. The van der Waals surface area contributed by atoms with Gasteiger partial charge in [0.15, 0.2) is 17.1 Å². The first kappa shape index (κ1) is 23.5. The van der Waals surface area contributed by atoms with Crippen molar-refractivity contribution in [3.05, 3.63) is 66.0 Å². The van der Waals surface area contributed by atoms with Crippen LogP contribution in [-0.2, 0) is 0 Å². The minimum atomic E-state index is -0.948. The van der Waals surface area contributed by atoms with Crippen LogP contribution in [0.15, 0.2) is 54.6 Å². The number of fused-ring (bicyclic) bond motifs is 1. The minimum absolute atomic E-state index is 0.167. The zero-order valence-electron chi connectivity index (χ0n) is 20.8. The molecule has 1 N–H and O–H groups in total. The van der Waals surface area contributed by atoms with Crippen molar-refractivity contribution in [1.29, 1.82) is 0 Å². The maximum absolute atomic E-state index is 12.2. The summed E-state index contributed by atoms with van der Waals surface area (Å²) in [7, 11) is 3.23. The first-order chi connectivity index (χ1) is 17.4. The third kappa shape index (κ3) is 4.06. The normalized spacial score (nSPS) is 15.3. The van der Waals surface area contributed by atoms with Crippen molar-refractivity contribution in [3.63, 3.8) is 0 Å². The van der Waals surface area contributed by atoms with E-state index in [-0.39, 0.29) is 6.04 Å². The van der Waals surface area contributed by atoms with E-state index in [9.17, 15) is 9.90 Å². The monoisotopic (exact) mass is 487 g/mol. The van der Waals surface area contributed by atoms with Crippen molar-refractivity contribution in [1.82, 2.24) is 14.6 Å². The molecule has 186 valence electrons. The van der Waals surface area contributed by atoms with Gasteiger partial charge in [-0.05, 0) is 56.7 Å². The first-order valence-electron chi connectivity index (χ1n) is 11.8. The molecule has 9 nitrogen and oxygen atoms in total. The van der Waals surface area contributed by atoms with Crippen LogP contribution in [0.3, 0.4) is 0 Å². The van der Waals surface area contributed by atoms with Gasteiger partial charge in [-0.2, -0.15) is 5.10 Å². The van der Waals surface area contributed by atoms with Crippen LogP contribution in [0.1, 0.15) is 17.8 Å². The molecule has 2 aromatic carbocycles. The van der Waals surface area contributed by atoms with Crippen molar-refractivity contribution in [3.8, 4) is 22.8 Å². The summed E-state index contributed by atoms with van der Waals surface area (Å²) >= 11 is 0. The lowest BCUT2D eigenvalue weighted by atomic mass is 10.1. The third-order valence-electron chi connectivity index (χ3n) is 6.63. The van der Waals surface area contributed by atoms with Gasteiger partial charge in [-0.1, -0.05) is 18.2 Å². The number of imidazole rings is 1. The van der Waals surface area contributed by atoms with Crippen molar-refractivity contribution in [2.24, 2.45) is 0 Å². The molecule has 1 unspecified atom stereocenters. The Labute approximate surface area is 209 Å². The third-order valence-corrected chi connectivity index (χ3v) is 6.63. The fourth-order valence-electron chi connectivity index (χ4n) is 5.02. The molecule has 4 aromatic rings. The van der Waals surface area contributed by atoms with Crippen molar-refractivity contribution < 1.29 is 19.4 Å². The molecule has 3 heterocycles. The van der Waals surface area contributed by atoms with Gasteiger partial charge in [-0.15, -0.1) is 0 Å². The lowest BCUT2D eigenvalue weighted by molar-refractivity contribution is 0.199. The van der Waals surface area contributed by atoms with Crippen LogP contribution in [0.5, 0.6) is 11.5 Å². The van der Waals surface area contributed by atoms with Crippen LogP contribution in [0, 0.1) is 13.8 Å². The number of para-hydroxylation sites is 1. The largest absolute Gasteiger partial charge is 0.493 e. The van der Waals surface area contributed by atoms with E-state index in [1.165, 1.54) is 4.90 Å². The number of rotatable bonds is 6.